The molecule has 0 saturated carbocycles. The van der Waals surface area contributed by atoms with Gasteiger partial charge in [-0.25, -0.2) is 9.97 Å². The molecule has 6 nitrogen and oxygen atoms in total. The first kappa shape index (κ1) is 14.1. The molecule has 0 bridgehead atoms. The number of anilines is 1. The SMILES string of the molecule is [B]C(=O)N(C)c1ncc(C(=O)[O-])cn1.[Na+]. The third kappa shape index (κ3) is 3.62. The Morgan fingerprint density at radius 2 is 1.87 bits per heavy atom. The van der Waals surface area contributed by atoms with Crippen LogP contribution in [-0.4, -0.2) is 36.6 Å². The maximum atomic E-state index is 10.7. The molecule has 70 valence electrons. The number of aromatic nitrogens is 2. The topological polar surface area (TPSA) is 86.2 Å². The zero-order valence-electron chi connectivity index (χ0n) is 8.30. The van der Waals surface area contributed by atoms with Crippen LogP contribution < -0.4 is 39.6 Å². The minimum absolute atomic E-state index is 0. The number of nitrogens with zero attached hydrogens (tertiary/aromatic N) is 3. The van der Waals surface area contributed by atoms with Gasteiger partial charge in [0.05, 0.1) is 5.97 Å². The molecule has 0 spiro atoms. The van der Waals surface area contributed by atoms with Crippen LogP contribution in [0, 0.1) is 0 Å². The van der Waals surface area contributed by atoms with Gasteiger partial charge in [-0.1, -0.05) is 0 Å². The number of hydrogen-bond acceptors (Lipinski definition) is 5. The summed E-state index contributed by atoms with van der Waals surface area (Å²) < 4.78 is 0. The zero-order chi connectivity index (χ0) is 10.7. The van der Waals surface area contributed by atoms with E-state index in [-0.39, 0.29) is 41.1 Å². The van der Waals surface area contributed by atoms with Crippen LogP contribution in [-0.2, 0) is 0 Å². The zero-order valence-corrected chi connectivity index (χ0v) is 10.3. The minimum atomic E-state index is -1.38. The molecular formula is C7H5BN3NaO3. The van der Waals surface area contributed by atoms with Crippen molar-refractivity contribution in [3.63, 3.8) is 0 Å². The van der Waals surface area contributed by atoms with E-state index in [4.69, 9.17) is 7.85 Å². The summed E-state index contributed by atoms with van der Waals surface area (Å²) in [6.45, 7) is 0. The maximum Gasteiger partial charge on any atom is 1.00 e. The quantitative estimate of drug-likeness (QED) is 0.462. The molecule has 1 aromatic rings. The molecule has 0 unspecified atom stereocenters. The van der Waals surface area contributed by atoms with E-state index in [1.165, 1.54) is 7.05 Å². The third-order valence-electron chi connectivity index (χ3n) is 1.50. The second kappa shape index (κ2) is 5.84. The van der Waals surface area contributed by atoms with Crippen molar-refractivity contribution >= 4 is 25.6 Å². The molecule has 0 aliphatic carbocycles. The molecule has 0 aromatic carbocycles. The summed E-state index contributed by atoms with van der Waals surface area (Å²) in [5.41, 5.74) is -0.161. The predicted molar refractivity (Wildman–Crippen MR) is 45.9 cm³/mol. The average molecular weight is 213 g/mol. The summed E-state index contributed by atoms with van der Waals surface area (Å²) in [6, 6.07) is 0. The first-order chi connectivity index (χ1) is 6.52. The van der Waals surface area contributed by atoms with Crippen molar-refractivity contribution in [3.05, 3.63) is 18.0 Å². The van der Waals surface area contributed by atoms with Crippen LogP contribution >= 0.6 is 0 Å². The fourth-order valence-corrected chi connectivity index (χ4v) is 0.698. The Labute approximate surface area is 109 Å². The molecule has 0 saturated heterocycles. The first-order valence-corrected chi connectivity index (χ1v) is 3.59. The van der Waals surface area contributed by atoms with Crippen molar-refractivity contribution in [2.75, 3.05) is 11.9 Å². The number of rotatable bonds is 2. The Balaban J connectivity index is 0.00000196. The smallest absolute Gasteiger partial charge is 0.545 e. The number of carboxylic acid groups (broad SMARTS) is 1. The van der Waals surface area contributed by atoms with Gasteiger partial charge in [0.25, 0.3) is 0 Å². The summed E-state index contributed by atoms with van der Waals surface area (Å²) in [7, 11) is 6.32. The largest absolute Gasteiger partial charge is 1.00 e. The number of carbonyl (C=O) groups is 2. The van der Waals surface area contributed by atoms with Crippen LogP contribution in [0.5, 0.6) is 0 Å². The van der Waals surface area contributed by atoms with Gasteiger partial charge in [0.15, 0.2) is 5.81 Å². The third-order valence-corrected chi connectivity index (χ3v) is 1.50. The van der Waals surface area contributed by atoms with Gasteiger partial charge in [-0.2, -0.15) is 0 Å². The van der Waals surface area contributed by atoms with Crippen LogP contribution in [0.1, 0.15) is 10.4 Å². The number of hydrogen-bond donors (Lipinski definition) is 0. The van der Waals surface area contributed by atoms with Gasteiger partial charge < -0.3 is 9.90 Å². The monoisotopic (exact) mass is 213 g/mol. The standard InChI is InChI=1S/C7H6BN3O3.Na/c1-11(6(8)14)7-9-2-4(3-10-7)5(12)13;/h2-3H,1H3,(H,12,13);/q;+1/p-1. The maximum absolute atomic E-state index is 10.7. The fourth-order valence-electron chi connectivity index (χ4n) is 0.698. The summed E-state index contributed by atoms with van der Waals surface area (Å²) in [6.07, 6.45) is 2.08. The van der Waals surface area contributed by atoms with Gasteiger partial charge in [-0.15, -0.1) is 0 Å². The van der Waals surface area contributed by atoms with Gasteiger partial charge in [0, 0.05) is 25.0 Å². The summed E-state index contributed by atoms with van der Waals surface area (Å²) in [5, 5.41) is 10.3. The van der Waals surface area contributed by atoms with E-state index in [9.17, 15) is 14.7 Å². The van der Waals surface area contributed by atoms with Crippen molar-refractivity contribution in [2.24, 2.45) is 0 Å². The Kier molecular flexibility index (Phi) is 5.49. The molecule has 0 fully saturated rings. The van der Waals surface area contributed by atoms with Crippen molar-refractivity contribution in [3.8, 4) is 0 Å². The first-order valence-electron chi connectivity index (χ1n) is 3.59. The van der Waals surface area contributed by atoms with Crippen molar-refractivity contribution in [1.82, 2.24) is 9.97 Å². The van der Waals surface area contributed by atoms with Gasteiger partial charge in [0.2, 0.25) is 13.8 Å². The Hall–Kier alpha value is -0.915. The van der Waals surface area contributed by atoms with Crippen LogP contribution in [0.3, 0.4) is 0 Å². The Bertz CT molecular complexity index is 370. The molecule has 15 heavy (non-hydrogen) atoms. The molecule has 1 aromatic heterocycles. The van der Waals surface area contributed by atoms with Gasteiger partial charge in [-0.05, 0) is 0 Å². The van der Waals surface area contributed by atoms with Gasteiger partial charge in [-0.3, -0.25) is 9.69 Å². The summed E-state index contributed by atoms with van der Waals surface area (Å²) >= 11 is 0. The minimum Gasteiger partial charge on any atom is -0.545 e. The van der Waals surface area contributed by atoms with Crippen molar-refractivity contribution in [2.45, 2.75) is 0 Å². The number of aromatic carboxylic acids is 1. The van der Waals surface area contributed by atoms with Crippen LogP contribution in [0.15, 0.2) is 12.4 Å². The van der Waals surface area contributed by atoms with E-state index in [0.29, 0.717) is 0 Å². The van der Waals surface area contributed by atoms with Crippen molar-refractivity contribution in [1.29, 1.82) is 0 Å². The second-order valence-corrected chi connectivity index (χ2v) is 2.46. The summed E-state index contributed by atoms with van der Waals surface area (Å²) in [4.78, 5) is 29.2. The molecule has 0 N–H and O–H groups in total. The van der Waals surface area contributed by atoms with Crippen LogP contribution in [0.2, 0.25) is 0 Å². The van der Waals surface area contributed by atoms with E-state index in [2.05, 4.69) is 9.97 Å². The molecule has 1 heterocycles. The van der Waals surface area contributed by atoms with Gasteiger partial charge >= 0.3 is 29.6 Å². The average Bonchev–Trinajstić information content (AvgIpc) is 2.16. The molecule has 1 rings (SSSR count). The van der Waals surface area contributed by atoms with E-state index < -0.39 is 11.8 Å². The summed E-state index contributed by atoms with van der Waals surface area (Å²) in [5.74, 6) is -2.08. The van der Waals surface area contributed by atoms with E-state index in [1.807, 2.05) is 0 Å². The predicted octanol–water partition coefficient (Wildman–Crippen LogP) is -4.43. The normalized spacial score (nSPS) is 8.87. The van der Waals surface area contributed by atoms with E-state index in [0.717, 1.165) is 17.3 Å². The molecule has 2 radical (unpaired) electrons. The van der Waals surface area contributed by atoms with E-state index >= 15 is 0 Å². The second-order valence-electron chi connectivity index (χ2n) is 2.46. The number of amides is 1. The molecule has 0 atom stereocenters. The molecule has 8 heteroatoms. The molecule has 1 amide bonds. The fraction of sp³-hybridized carbons (Fsp3) is 0.143. The molecule has 0 aliphatic rings. The van der Waals surface area contributed by atoms with Crippen molar-refractivity contribution < 1.29 is 44.3 Å². The Morgan fingerprint density at radius 1 is 1.40 bits per heavy atom. The number of carbonyl (C=O) groups excluding carboxylic acids is 2. The molecular weight excluding hydrogens is 208 g/mol. The van der Waals surface area contributed by atoms with Crippen LogP contribution in [0.4, 0.5) is 10.7 Å². The van der Waals surface area contributed by atoms with Gasteiger partial charge in [0.1, 0.15) is 0 Å². The van der Waals surface area contributed by atoms with Crippen LogP contribution in [0.25, 0.3) is 0 Å². The van der Waals surface area contributed by atoms with E-state index in [1.54, 1.807) is 0 Å². The Morgan fingerprint density at radius 3 is 2.20 bits per heavy atom. The number of carboxylic acids is 1. The molecule has 0 aliphatic heterocycles.